The van der Waals surface area contributed by atoms with Crippen LogP contribution in [0.25, 0.3) is 5.57 Å². The van der Waals surface area contributed by atoms with Gasteiger partial charge in [0.15, 0.2) is 5.70 Å². The number of rotatable bonds is 5. The molecule has 0 atom stereocenters. The van der Waals surface area contributed by atoms with E-state index in [4.69, 9.17) is 16.3 Å². The van der Waals surface area contributed by atoms with Gasteiger partial charge in [-0.25, -0.2) is 0 Å². The van der Waals surface area contributed by atoms with Gasteiger partial charge in [-0.1, -0.05) is 36.2 Å². The lowest BCUT2D eigenvalue weighted by molar-refractivity contribution is -0.363. The van der Waals surface area contributed by atoms with Crippen LogP contribution in [0.5, 0.6) is 11.8 Å². The monoisotopic (exact) mass is 510 g/mol. The van der Waals surface area contributed by atoms with Gasteiger partial charge in [-0.15, -0.1) is 10.2 Å². The number of aromatic nitrogens is 5. The molecule has 36 heavy (non-hydrogen) atoms. The normalized spacial score (nSPS) is 16.6. The molecule has 186 valence electrons. The fraction of sp³-hybridized carbons (Fsp3) is 0.320. The minimum atomic E-state index is -4.08. The third-order valence-corrected chi connectivity index (χ3v) is 7.41. The summed E-state index contributed by atoms with van der Waals surface area (Å²) in [5.74, 6) is 0.431. The van der Waals surface area contributed by atoms with E-state index < -0.39 is 6.97 Å². The van der Waals surface area contributed by atoms with E-state index in [1.54, 1.807) is 26.0 Å². The van der Waals surface area contributed by atoms with Gasteiger partial charge >= 0.3 is 13.0 Å². The number of benzene rings is 1. The second-order valence-electron chi connectivity index (χ2n) is 9.07. The number of hydrogen-bond donors (Lipinski definition) is 0. The highest BCUT2D eigenvalue weighted by Gasteiger charge is 2.56. The number of allylic oxidation sites excluding steroid dienone is 2. The lowest BCUT2D eigenvalue weighted by Crippen LogP contribution is -2.51. The molecule has 0 amide bonds. The topological polar surface area (TPSA) is 68.7 Å². The van der Waals surface area contributed by atoms with Gasteiger partial charge in [0, 0.05) is 23.8 Å². The molecular formula is C25H26BClF2N6O. The third-order valence-electron chi connectivity index (χ3n) is 7.26. The molecule has 1 aromatic carbocycles. The second kappa shape index (κ2) is 8.62. The van der Waals surface area contributed by atoms with Crippen LogP contribution in [0.1, 0.15) is 62.2 Å². The van der Waals surface area contributed by atoms with Crippen molar-refractivity contribution in [2.45, 2.75) is 54.4 Å². The molecule has 0 aliphatic carbocycles. The Morgan fingerprint density at radius 1 is 1.03 bits per heavy atom. The van der Waals surface area contributed by atoms with Crippen molar-refractivity contribution in [2.75, 3.05) is 0 Å². The maximum absolute atomic E-state index is 16.4. The molecule has 0 bridgehead atoms. The zero-order chi connectivity index (χ0) is 25.9. The molecule has 0 fully saturated rings. The van der Waals surface area contributed by atoms with Gasteiger partial charge < -0.3 is 22.3 Å². The molecule has 3 aromatic rings. The van der Waals surface area contributed by atoms with Crippen LogP contribution >= 0.6 is 11.6 Å². The quantitative estimate of drug-likeness (QED) is 0.400. The molecule has 11 heteroatoms. The molecular weight excluding hydrogens is 485 g/mol. The lowest BCUT2D eigenvalue weighted by atomic mass is 9.83. The number of fused-ring (bicyclic) bond motifs is 2. The summed E-state index contributed by atoms with van der Waals surface area (Å²) >= 11 is 5.67. The van der Waals surface area contributed by atoms with Gasteiger partial charge in [0.25, 0.3) is 5.28 Å². The fourth-order valence-corrected chi connectivity index (χ4v) is 5.90. The molecule has 0 N–H and O–H groups in total. The van der Waals surface area contributed by atoms with Crippen molar-refractivity contribution in [2.24, 2.45) is 0 Å². The molecule has 0 saturated heterocycles. The summed E-state index contributed by atoms with van der Waals surface area (Å²) < 4.78 is 41.0. The van der Waals surface area contributed by atoms with E-state index in [0.29, 0.717) is 41.4 Å². The van der Waals surface area contributed by atoms with Crippen LogP contribution in [0.4, 0.5) is 8.63 Å². The Hall–Kier alpha value is -3.40. The molecule has 0 spiro atoms. The van der Waals surface area contributed by atoms with Crippen LogP contribution in [0.2, 0.25) is 5.28 Å². The standard InChI is InChI=1S/C25H26BClF2N6O/c1-7-19-13(3)22-21(17-10-9-11-18(12-17)36-25-32-30-24(27)31-33-25)23-14(4)20(8-2)16(6)35(23)26(28,29)34(22)15(19)5/h9-12H,7-8H2,1-6H3. The van der Waals surface area contributed by atoms with Crippen molar-refractivity contribution in [3.63, 3.8) is 0 Å². The maximum atomic E-state index is 16.4. The van der Waals surface area contributed by atoms with Gasteiger partial charge in [-0.3, -0.25) is 0 Å². The summed E-state index contributed by atoms with van der Waals surface area (Å²) in [6.45, 7) is 7.37. The molecule has 4 heterocycles. The predicted molar refractivity (Wildman–Crippen MR) is 136 cm³/mol. The molecule has 2 aliphatic heterocycles. The molecule has 0 radical (unpaired) electrons. The van der Waals surface area contributed by atoms with Crippen LogP contribution < -0.4 is 4.74 Å². The van der Waals surface area contributed by atoms with Crippen molar-refractivity contribution in [3.8, 4) is 11.8 Å². The highest BCUT2D eigenvalue weighted by molar-refractivity contribution is 6.58. The molecule has 5 rings (SSSR count). The zero-order valence-electron chi connectivity index (χ0n) is 21.0. The van der Waals surface area contributed by atoms with Crippen LogP contribution in [0, 0.1) is 13.8 Å². The van der Waals surface area contributed by atoms with Gasteiger partial charge in [0.1, 0.15) is 11.5 Å². The SMILES string of the molecule is CCC1=C(C)C2=C(c3cccc(Oc4nnc(Cl)nn4)c3)c3c(C)c(CC)c(C)n3[B-](F)(F)[N+]2=C1C. The first-order valence-corrected chi connectivity index (χ1v) is 12.3. The Morgan fingerprint density at radius 3 is 2.36 bits per heavy atom. The summed E-state index contributed by atoms with van der Waals surface area (Å²) in [5, 5.41) is 14.8. The van der Waals surface area contributed by atoms with Crippen molar-refractivity contribution in [3.05, 3.63) is 74.5 Å². The summed E-state index contributed by atoms with van der Waals surface area (Å²) in [4.78, 5) is 0. The molecule has 0 saturated carbocycles. The number of nitrogens with zero attached hydrogens (tertiary/aromatic N) is 6. The molecule has 7 nitrogen and oxygen atoms in total. The molecule has 2 aliphatic rings. The summed E-state index contributed by atoms with van der Waals surface area (Å²) in [7, 11) is 0. The van der Waals surface area contributed by atoms with E-state index in [-0.39, 0.29) is 11.3 Å². The van der Waals surface area contributed by atoms with Gasteiger partial charge in [0.05, 0.1) is 5.57 Å². The molecule has 2 aromatic heterocycles. The van der Waals surface area contributed by atoms with Gasteiger partial charge in [0.2, 0.25) is 0 Å². The van der Waals surface area contributed by atoms with Crippen molar-refractivity contribution >= 4 is 29.9 Å². The summed E-state index contributed by atoms with van der Waals surface area (Å²) in [6, 6.07) is 7.21. The van der Waals surface area contributed by atoms with Crippen LogP contribution in [0.3, 0.4) is 0 Å². The highest BCUT2D eigenvalue weighted by Crippen LogP contribution is 2.47. The third kappa shape index (κ3) is 3.42. The van der Waals surface area contributed by atoms with Crippen molar-refractivity contribution in [1.82, 2.24) is 24.9 Å². The molecule has 0 unspecified atom stereocenters. The maximum Gasteiger partial charge on any atom is 0.737 e. The summed E-state index contributed by atoms with van der Waals surface area (Å²) in [6.07, 6.45) is 1.34. The van der Waals surface area contributed by atoms with E-state index in [9.17, 15) is 0 Å². The Kier molecular flexibility index (Phi) is 5.82. The number of hydrogen-bond acceptors (Lipinski definition) is 5. The lowest BCUT2D eigenvalue weighted by Gasteiger charge is -2.34. The zero-order valence-corrected chi connectivity index (χ0v) is 21.8. The average molecular weight is 511 g/mol. The first-order valence-electron chi connectivity index (χ1n) is 11.9. The van der Waals surface area contributed by atoms with Crippen LogP contribution in [-0.2, 0) is 6.42 Å². The predicted octanol–water partition coefficient (Wildman–Crippen LogP) is 5.90. The summed E-state index contributed by atoms with van der Waals surface area (Å²) in [5.41, 5.74) is 7.43. The van der Waals surface area contributed by atoms with Crippen molar-refractivity contribution in [1.29, 1.82) is 0 Å². The Morgan fingerprint density at radius 2 is 1.72 bits per heavy atom. The minimum absolute atomic E-state index is 0.0626. The minimum Gasteiger partial charge on any atom is -0.422 e. The van der Waals surface area contributed by atoms with E-state index in [1.807, 2.05) is 39.8 Å². The number of ether oxygens (including phenoxy) is 1. The fourth-order valence-electron chi connectivity index (χ4n) is 5.82. The largest absolute Gasteiger partial charge is 0.737 e. The van der Waals surface area contributed by atoms with Gasteiger partial charge in [-0.2, -0.15) is 0 Å². The van der Waals surface area contributed by atoms with E-state index in [2.05, 4.69) is 20.4 Å². The first-order chi connectivity index (χ1) is 17.1. The smallest absolute Gasteiger partial charge is 0.422 e. The van der Waals surface area contributed by atoms with E-state index in [1.165, 1.54) is 8.96 Å². The van der Waals surface area contributed by atoms with E-state index in [0.717, 1.165) is 33.4 Å². The number of halogens is 3. The van der Waals surface area contributed by atoms with E-state index >= 15 is 8.63 Å². The second-order valence-corrected chi connectivity index (χ2v) is 9.41. The van der Waals surface area contributed by atoms with Crippen molar-refractivity contribution < 1.29 is 17.9 Å². The van der Waals surface area contributed by atoms with Crippen LogP contribution in [0.15, 0.2) is 41.1 Å². The Balaban J connectivity index is 1.80. The highest BCUT2D eigenvalue weighted by atomic mass is 35.5. The van der Waals surface area contributed by atoms with Gasteiger partial charge in [-0.05, 0) is 79.7 Å². The first kappa shape index (κ1) is 24.3. The average Bonchev–Trinajstić information content (AvgIpc) is 3.25. The Bertz CT molecular complexity index is 1510. The Labute approximate surface area is 213 Å². The van der Waals surface area contributed by atoms with Crippen LogP contribution in [-0.4, -0.2) is 42.0 Å².